The normalized spacial score (nSPS) is 15.9. The van der Waals surface area contributed by atoms with E-state index >= 15 is 0 Å². The average Bonchev–Trinajstić information content (AvgIpc) is 2.68. The van der Waals surface area contributed by atoms with Crippen molar-refractivity contribution in [3.8, 4) is 0 Å². The molecule has 0 atom stereocenters. The number of amides is 1. The Hall–Kier alpha value is -2.20. The van der Waals surface area contributed by atoms with Crippen molar-refractivity contribution in [3.05, 3.63) is 66.0 Å². The number of hydrogen-bond donors (Lipinski definition) is 0. The number of aromatic nitrogens is 1. The van der Waals surface area contributed by atoms with Crippen LogP contribution in [0.5, 0.6) is 0 Å². The molecule has 0 aliphatic carbocycles. The molecule has 1 aliphatic heterocycles. The maximum atomic E-state index is 12.4. The van der Waals surface area contributed by atoms with Crippen LogP contribution in [-0.4, -0.2) is 47.4 Å². The summed E-state index contributed by atoms with van der Waals surface area (Å²) in [4.78, 5) is 20.7. The predicted octanol–water partition coefficient (Wildman–Crippen LogP) is 3.46. The monoisotopic (exact) mass is 337 g/mol. The van der Waals surface area contributed by atoms with Crippen LogP contribution in [0.1, 0.15) is 35.2 Å². The Kier molecular flexibility index (Phi) is 6.18. The molecule has 1 aliphatic rings. The molecule has 132 valence electrons. The van der Waals surface area contributed by atoms with Gasteiger partial charge in [0.1, 0.15) is 0 Å². The highest BCUT2D eigenvalue weighted by atomic mass is 16.2. The van der Waals surface area contributed by atoms with Crippen LogP contribution in [0.3, 0.4) is 0 Å². The van der Waals surface area contributed by atoms with Gasteiger partial charge < -0.3 is 4.90 Å². The Morgan fingerprint density at radius 3 is 2.48 bits per heavy atom. The summed E-state index contributed by atoms with van der Waals surface area (Å²) in [6, 6.07) is 14.2. The summed E-state index contributed by atoms with van der Waals surface area (Å²) >= 11 is 0. The van der Waals surface area contributed by atoms with Crippen molar-refractivity contribution in [2.45, 2.75) is 25.8 Å². The van der Waals surface area contributed by atoms with Gasteiger partial charge in [0.15, 0.2) is 0 Å². The number of carbonyl (C=O) groups is 1. The van der Waals surface area contributed by atoms with Gasteiger partial charge in [-0.15, -0.1) is 0 Å². The van der Waals surface area contributed by atoms with Crippen molar-refractivity contribution < 1.29 is 4.79 Å². The highest BCUT2D eigenvalue weighted by Crippen LogP contribution is 2.22. The molecule has 4 nitrogen and oxygen atoms in total. The van der Waals surface area contributed by atoms with E-state index in [0.717, 1.165) is 44.1 Å². The largest absolute Gasteiger partial charge is 0.342 e. The van der Waals surface area contributed by atoms with Gasteiger partial charge in [0, 0.05) is 38.1 Å². The molecule has 0 bridgehead atoms. The van der Waals surface area contributed by atoms with Crippen molar-refractivity contribution >= 4 is 5.91 Å². The summed E-state index contributed by atoms with van der Waals surface area (Å²) in [6.45, 7) is 4.18. The van der Waals surface area contributed by atoms with Gasteiger partial charge in [0.25, 0.3) is 5.91 Å². The van der Waals surface area contributed by atoms with E-state index in [0.29, 0.717) is 0 Å². The Labute approximate surface area is 150 Å². The van der Waals surface area contributed by atoms with Crippen LogP contribution in [0.15, 0.2) is 54.9 Å². The predicted molar refractivity (Wildman–Crippen MR) is 100 cm³/mol. The number of hydrogen-bond acceptors (Lipinski definition) is 3. The fourth-order valence-corrected chi connectivity index (χ4v) is 3.47. The molecule has 0 spiro atoms. The highest BCUT2D eigenvalue weighted by Gasteiger charge is 2.20. The van der Waals surface area contributed by atoms with E-state index in [1.54, 1.807) is 24.5 Å². The fraction of sp³-hybridized carbons (Fsp3) is 0.429. The molecule has 2 aromatic rings. The van der Waals surface area contributed by atoms with Crippen molar-refractivity contribution in [2.24, 2.45) is 5.92 Å². The maximum absolute atomic E-state index is 12.4. The van der Waals surface area contributed by atoms with Gasteiger partial charge in [0.05, 0.1) is 0 Å². The lowest BCUT2D eigenvalue weighted by molar-refractivity contribution is 0.0776. The molecule has 0 radical (unpaired) electrons. The standard InChI is InChI=1S/C21H27N3O/c1-23(21(25)20-7-12-22-13-8-20)14-9-18-10-15-24(16-11-18)17-19-5-3-2-4-6-19/h2-8,12-13,18H,9-11,14-17H2,1H3. The van der Waals surface area contributed by atoms with Crippen LogP contribution >= 0.6 is 0 Å². The van der Waals surface area contributed by atoms with E-state index in [1.807, 2.05) is 11.9 Å². The zero-order chi connectivity index (χ0) is 17.5. The van der Waals surface area contributed by atoms with Crippen LogP contribution in [0, 0.1) is 5.92 Å². The van der Waals surface area contributed by atoms with E-state index in [9.17, 15) is 4.79 Å². The Bertz CT molecular complexity index is 651. The van der Waals surface area contributed by atoms with E-state index < -0.39 is 0 Å². The van der Waals surface area contributed by atoms with Crippen molar-refractivity contribution in [3.63, 3.8) is 0 Å². The van der Waals surface area contributed by atoms with Crippen LogP contribution in [0.25, 0.3) is 0 Å². The summed E-state index contributed by atoms with van der Waals surface area (Å²) in [5.74, 6) is 0.809. The molecule has 1 amide bonds. The zero-order valence-corrected chi connectivity index (χ0v) is 15.0. The van der Waals surface area contributed by atoms with Gasteiger partial charge in [-0.2, -0.15) is 0 Å². The fourth-order valence-electron chi connectivity index (χ4n) is 3.47. The minimum atomic E-state index is 0.0870. The second-order valence-electron chi connectivity index (χ2n) is 6.96. The minimum absolute atomic E-state index is 0.0870. The zero-order valence-electron chi connectivity index (χ0n) is 15.0. The molecule has 1 fully saturated rings. The molecule has 0 unspecified atom stereocenters. The minimum Gasteiger partial charge on any atom is -0.342 e. The van der Waals surface area contributed by atoms with E-state index in [2.05, 4.69) is 40.2 Å². The molecule has 1 aromatic carbocycles. The Morgan fingerprint density at radius 1 is 1.12 bits per heavy atom. The first-order chi connectivity index (χ1) is 12.2. The van der Waals surface area contributed by atoms with Crippen LogP contribution in [-0.2, 0) is 6.54 Å². The number of benzene rings is 1. The number of rotatable bonds is 6. The molecule has 2 heterocycles. The first-order valence-corrected chi connectivity index (χ1v) is 9.14. The van der Waals surface area contributed by atoms with E-state index in [4.69, 9.17) is 0 Å². The Balaban J connectivity index is 1.40. The SMILES string of the molecule is CN(CCC1CCN(Cc2ccccc2)CC1)C(=O)c1ccncc1. The van der Waals surface area contributed by atoms with Crippen LogP contribution in [0.4, 0.5) is 0 Å². The van der Waals surface area contributed by atoms with Gasteiger partial charge in [-0.05, 0) is 56.0 Å². The first-order valence-electron chi connectivity index (χ1n) is 9.14. The van der Waals surface area contributed by atoms with Gasteiger partial charge in [0.2, 0.25) is 0 Å². The molecule has 3 rings (SSSR count). The molecule has 25 heavy (non-hydrogen) atoms. The number of pyridine rings is 1. The quantitative estimate of drug-likeness (QED) is 0.810. The number of nitrogens with zero attached hydrogens (tertiary/aromatic N) is 3. The van der Waals surface area contributed by atoms with Gasteiger partial charge >= 0.3 is 0 Å². The van der Waals surface area contributed by atoms with Crippen LogP contribution in [0.2, 0.25) is 0 Å². The molecule has 0 N–H and O–H groups in total. The smallest absolute Gasteiger partial charge is 0.253 e. The molecule has 4 heteroatoms. The third-order valence-corrected chi connectivity index (χ3v) is 5.10. The van der Waals surface area contributed by atoms with Crippen molar-refractivity contribution in [1.82, 2.24) is 14.8 Å². The molecule has 0 saturated carbocycles. The van der Waals surface area contributed by atoms with Crippen molar-refractivity contribution in [1.29, 1.82) is 0 Å². The third kappa shape index (κ3) is 5.13. The topological polar surface area (TPSA) is 36.4 Å². The number of carbonyl (C=O) groups excluding carboxylic acids is 1. The van der Waals surface area contributed by atoms with E-state index in [-0.39, 0.29) is 5.91 Å². The summed E-state index contributed by atoms with van der Waals surface area (Å²) in [5, 5.41) is 0. The second-order valence-corrected chi connectivity index (χ2v) is 6.96. The average molecular weight is 337 g/mol. The maximum Gasteiger partial charge on any atom is 0.253 e. The lowest BCUT2D eigenvalue weighted by Crippen LogP contribution is -2.35. The van der Waals surface area contributed by atoms with Gasteiger partial charge in [-0.3, -0.25) is 14.7 Å². The summed E-state index contributed by atoms with van der Waals surface area (Å²) in [7, 11) is 1.90. The third-order valence-electron chi connectivity index (χ3n) is 5.10. The lowest BCUT2D eigenvalue weighted by Gasteiger charge is -2.32. The summed E-state index contributed by atoms with van der Waals surface area (Å²) < 4.78 is 0. The number of likely N-dealkylation sites (tertiary alicyclic amines) is 1. The van der Waals surface area contributed by atoms with E-state index in [1.165, 1.54) is 18.4 Å². The van der Waals surface area contributed by atoms with Gasteiger partial charge in [-0.1, -0.05) is 30.3 Å². The van der Waals surface area contributed by atoms with Crippen molar-refractivity contribution in [2.75, 3.05) is 26.7 Å². The van der Waals surface area contributed by atoms with Crippen LogP contribution < -0.4 is 0 Å². The summed E-state index contributed by atoms with van der Waals surface area (Å²) in [5.41, 5.74) is 2.11. The number of piperidine rings is 1. The lowest BCUT2D eigenvalue weighted by atomic mass is 9.93. The first kappa shape index (κ1) is 17.6. The molecular weight excluding hydrogens is 310 g/mol. The summed E-state index contributed by atoms with van der Waals surface area (Å²) in [6.07, 6.45) is 6.88. The highest BCUT2D eigenvalue weighted by molar-refractivity contribution is 5.93. The molecule has 1 saturated heterocycles. The molecular formula is C21H27N3O. The van der Waals surface area contributed by atoms with Gasteiger partial charge in [-0.25, -0.2) is 0 Å². The molecule has 1 aromatic heterocycles. The second kappa shape index (κ2) is 8.77. The Morgan fingerprint density at radius 2 is 1.80 bits per heavy atom.